The van der Waals surface area contributed by atoms with Crippen LogP contribution >= 0.6 is 22.6 Å². The molecule has 2 heteroatoms. The molecule has 0 aromatic heterocycles. The van der Waals surface area contributed by atoms with Gasteiger partial charge in [0.05, 0.1) is 0 Å². The summed E-state index contributed by atoms with van der Waals surface area (Å²) >= 11 is 2.42. The van der Waals surface area contributed by atoms with Gasteiger partial charge in [0, 0.05) is 14.8 Å². The van der Waals surface area contributed by atoms with Crippen molar-refractivity contribution in [3.63, 3.8) is 0 Å². The number of fused-ring (bicyclic) bond motifs is 1. The molecule has 1 nitrogen and oxygen atoms in total. The first-order valence-corrected chi connectivity index (χ1v) is 6.55. The molecule has 1 atom stereocenters. The second kappa shape index (κ2) is 3.65. The topological polar surface area (TPSA) is 12.0 Å². The van der Waals surface area contributed by atoms with Crippen molar-refractivity contribution in [2.45, 2.75) is 45.6 Å². The van der Waals surface area contributed by atoms with Gasteiger partial charge in [0.25, 0.3) is 0 Å². The van der Waals surface area contributed by atoms with Gasteiger partial charge in [-0.3, -0.25) is 0 Å². The standard InChI is InChI=1S/C13H18IN/c1-8-5-12-10(6-11(8)14)9(2)7-13(3,4)15-12/h5-6,9,15H,7H2,1-4H3. The first-order chi connectivity index (χ1) is 6.89. The molecule has 1 heterocycles. The summed E-state index contributed by atoms with van der Waals surface area (Å²) < 4.78 is 1.37. The summed E-state index contributed by atoms with van der Waals surface area (Å²) in [4.78, 5) is 0. The van der Waals surface area contributed by atoms with E-state index in [1.807, 2.05) is 0 Å². The highest BCUT2D eigenvalue weighted by atomic mass is 127. The molecule has 15 heavy (non-hydrogen) atoms. The summed E-state index contributed by atoms with van der Waals surface area (Å²) in [5, 5.41) is 3.63. The van der Waals surface area contributed by atoms with Crippen LogP contribution in [0.5, 0.6) is 0 Å². The smallest absolute Gasteiger partial charge is 0.0382 e. The maximum Gasteiger partial charge on any atom is 0.0382 e. The van der Waals surface area contributed by atoms with Gasteiger partial charge in [-0.15, -0.1) is 0 Å². The first kappa shape index (κ1) is 11.2. The maximum absolute atomic E-state index is 3.63. The number of anilines is 1. The number of benzene rings is 1. The molecule has 1 N–H and O–H groups in total. The third-order valence-electron chi connectivity index (χ3n) is 3.15. The number of hydrogen-bond acceptors (Lipinski definition) is 1. The predicted octanol–water partition coefficient (Wildman–Crippen LogP) is 4.30. The van der Waals surface area contributed by atoms with Gasteiger partial charge in [-0.05, 0) is 79.0 Å². The molecule has 82 valence electrons. The fourth-order valence-electron chi connectivity index (χ4n) is 2.50. The van der Waals surface area contributed by atoms with Crippen molar-refractivity contribution in [1.82, 2.24) is 0 Å². The van der Waals surface area contributed by atoms with Crippen LogP contribution in [0.1, 0.15) is 44.2 Å². The van der Waals surface area contributed by atoms with Crippen molar-refractivity contribution in [2.75, 3.05) is 5.32 Å². The highest BCUT2D eigenvalue weighted by Crippen LogP contribution is 2.39. The molecule has 1 aliphatic rings. The number of rotatable bonds is 0. The van der Waals surface area contributed by atoms with E-state index in [0.29, 0.717) is 5.92 Å². The van der Waals surface area contributed by atoms with Gasteiger partial charge in [-0.25, -0.2) is 0 Å². The quantitative estimate of drug-likeness (QED) is 0.704. The van der Waals surface area contributed by atoms with Crippen LogP contribution in [-0.4, -0.2) is 5.54 Å². The normalized spacial score (nSPS) is 23.1. The SMILES string of the molecule is Cc1cc2c(cc1I)C(C)CC(C)(C)N2. The molecule has 1 aliphatic heterocycles. The van der Waals surface area contributed by atoms with Gasteiger partial charge in [-0.1, -0.05) is 6.92 Å². The third kappa shape index (κ3) is 2.14. The minimum absolute atomic E-state index is 0.228. The van der Waals surface area contributed by atoms with E-state index >= 15 is 0 Å². The van der Waals surface area contributed by atoms with E-state index in [-0.39, 0.29) is 5.54 Å². The van der Waals surface area contributed by atoms with Crippen LogP contribution in [0.15, 0.2) is 12.1 Å². The average Bonchev–Trinajstić information content (AvgIpc) is 2.07. The Labute approximate surface area is 106 Å². The first-order valence-electron chi connectivity index (χ1n) is 5.47. The lowest BCUT2D eigenvalue weighted by Crippen LogP contribution is -2.36. The molecule has 0 aliphatic carbocycles. The zero-order valence-electron chi connectivity index (χ0n) is 9.82. The Morgan fingerprint density at radius 1 is 1.40 bits per heavy atom. The molecular weight excluding hydrogens is 297 g/mol. The van der Waals surface area contributed by atoms with Crippen molar-refractivity contribution in [3.8, 4) is 0 Å². The second-order valence-corrected chi connectivity index (χ2v) is 6.46. The number of aryl methyl sites for hydroxylation is 1. The number of hydrogen-bond donors (Lipinski definition) is 1. The van der Waals surface area contributed by atoms with Crippen LogP contribution in [0.4, 0.5) is 5.69 Å². The van der Waals surface area contributed by atoms with Crippen molar-refractivity contribution in [2.24, 2.45) is 0 Å². The zero-order valence-corrected chi connectivity index (χ0v) is 12.0. The fraction of sp³-hybridized carbons (Fsp3) is 0.538. The molecular formula is C13H18IN. The van der Waals surface area contributed by atoms with Gasteiger partial charge in [0.15, 0.2) is 0 Å². The third-order valence-corrected chi connectivity index (χ3v) is 4.31. The zero-order chi connectivity index (χ0) is 11.2. The van der Waals surface area contributed by atoms with Crippen LogP contribution in [0, 0.1) is 10.5 Å². The molecule has 0 amide bonds. The fourth-order valence-corrected chi connectivity index (χ4v) is 3.00. The molecule has 0 spiro atoms. The number of nitrogens with one attached hydrogen (secondary N) is 1. The summed E-state index contributed by atoms with van der Waals surface area (Å²) in [5.41, 5.74) is 4.40. The number of halogens is 1. The van der Waals surface area contributed by atoms with Crippen molar-refractivity contribution in [1.29, 1.82) is 0 Å². The van der Waals surface area contributed by atoms with Gasteiger partial charge in [0.1, 0.15) is 0 Å². The van der Waals surface area contributed by atoms with Gasteiger partial charge in [0.2, 0.25) is 0 Å². The van der Waals surface area contributed by atoms with Crippen molar-refractivity contribution >= 4 is 28.3 Å². The monoisotopic (exact) mass is 315 g/mol. The van der Waals surface area contributed by atoms with E-state index in [9.17, 15) is 0 Å². The Balaban J connectivity index is 2.51. The van der Waals surface area contributed by atoms with Crippen LogP contribution in [0.3, 0.4) is 0 Å². The molecule has 0 bridgehead atoms. The molecule has 1 aromatic carbocycles. The lowest BCUT2D eigenvalue weighted by molar-refractivity contribution is 0.454. The van der Waals surface area contributed by atoms with Crippen molar-refractivity contribution in [3.05, 3.63) is 26.8 Å². The Morgan fingerprint density at radius 2 is 2.07 bits per heavy atom. The van der Waals surface area contributed by atoms with E-state index in [1.54, 1.807) is 0 Å². The second-order valence-electron chi connectivity index (χ2n) is 5.30. The average molecular weight is 315 g/mol. The Hall–Kier alpha value is -0.250. The Bertz CT molecular complexity index is 396. The Kier molecular flexibility index (Phi) is 2.73. The van der Waals surface area contributed by atoms with Crippen LogP contribution < -0.4 is 5.32 Å². The van der Waals surface area contributed by atoms with E-state index in [2.05, 4.69) is 67.7 Å². The van der Waals surface area contributed by atoms with Gasteiger partial charge >= 0.3 is 0 Å². The lowest BCUT2D eigenvalue weighted by atomic mass is 9.82. The minimum Gasteiger partial charge on any atom is -0.380 e. The van der Waals surface area contributed by atoms with E-state index in [1.165, 1.54) is 26.8 Å². The van der Waals surface area contributed by atoms with E-state index in [4.69, 9.17) is 0 Å². The van der Waals surface area contributed by atoms with Crippen LogP contribution in [0.2, 0.25) is 0 Å². The molecule has 0 fully saturated rings. The maximum atomic E-state index is 3.63. The van der Waals surface area contributed by atoms with E-state index < -0.39 is 0 Å². The van der Waals surface area contributed by atoms with Gasteiger partial charge < -0.3 is 5.32 Å². The summed E-state index contributed by atoms with van der Waals surface area (Å²) in [6, 6.07) is 4.62. The largest absolute Gasteiger partial charge is 0.380 e. The molecule has 0 radical (unpaired) electrons. The Morgan fingerprint density at radius 3 is 2.73 bits per heavy atom. The molecule has 0 saturated carbocycles. The summed E-state index contributed by atoms with van der Waals surface area (Å²) in [6.45, 7) is 9.06. The highest BCUT2D eigenvalue weighted by Gasteiger charge is 2.29. The highest BCUT2D eigenvalue weighted by molar-refractivity contribution is 14.1. The predicted molar refractivity (Wildman–Crippen MR) is 74.6 cm³/mol. The molecule has 1 unspecified atom stereocenters. The summed E-state index contributed by atoms with van der Waals surface area (Å²) in [6.07, 6.45) is 1.21. The van der Waals surface area contributed by atoms with Gasteiger partial charge in [-0.2, -0.15) is 0 Å². The van der Waals surface area contributed by atoms with Crippen LogP contribution in [-0.2, 0) is 0 Å². The minimum atomic E-state index is 0.228. The molecule has 0 saturated heterocycles. The summed E-state index contributed by atoms with van der Waals surface area (Å²) in [5.74, 6) is 0.658. The molecule has 1 aromatic rings. The van der Waals surface area contributed by atoms with Crippen LogP contribution in [0.25, 0.3) is 0 Å². The van der Waals surface area contributed by atoms with Crippen molar-refractivity contribution < 1.29 is 0 Å². The lowest BCUT2D eigenvalue weighted by Gasteiger charge is -2.38. The van der Waals surface area contributed by atoms with E-state index in [0.717, 1.165) is 0 Å². The molecule has 2 rings (SSSR count). The summed E-state index contributed by atoms with van der Waals surface area (Å²) in [7, 11) is 0.